The highest BCUT2D eigenvalue weighted by molar-refractivity contribution is 5.93. The van der Waals surface area contributed by atoms with Gasteiger partial charge in [0.1, 0.15) is 11.5 Å². The van der Waals surface area contributed by atoms with Gasteiger partial charge in [0.25, 0.3) is 0 Å². The first-order valence-corrected chi connectivity index (χ1v) is 6.39. The van der Waals surface area contributed by atoms with Gasteiger partial charge in [0.15, 0.2) is 0 Å². The number of benzene rings is 1. The Kier molecular flexibility index (Phi) is 3.01. The summed E-state index contributed by atoms with van der Waals surface area (Å²) in [6, 6.07) is 10.2. The maximum atomic E-state index is 5.67. The van der Waals surface area contributed by atoms with Crippen LogP contribution in [0.1, 0.15) is 11.4 Å². The first kappa shape index (κ1) is 11.9. The Labute approximate surface area is 111 Å². The highest BCUT2D eigenvalue weighted by atomic mass is 14.9. The van der Waals surface area contributed by atoms with E-state index in [-0.39, 0.29) is 0 Å². The number of hydrogen-bond acceptors (Lipinski definition) is 3. The molecule has 0 bridgehead atoms. The Morgan fingerprint density at radius 1 is 1.16 bits per heavy atom. The van der Waals surface area contributed by atoms with Crippen molar-refractivity contribution < 1.29 is 0 Å². The minimum Gasteiger partial charge on any atom is -0.346 e. The molecule has 3 N–H and O–H groups in total. The van der Waals surface area contributed by atoms with Crippen LogP contribution in [-0.2, 0) is 6.42 Å². The van der Waals surface area contributed by atoms with Crippen LogP contribution in [0.3, 0.4) is 0 Å². The zero-order chi connectivity index (χ0) is 13.2. The highest BCUT2D eigenvalue weighted by Crippen LogP contribution is 2.28. The Balaban J connectivity index is 2.30. The zero-order valence-corrected chi connectivity index (χ0v) is 10.9. The molecule has 0 saturated heterocycles. The summed E-state index contributed by atoms with van der Waals surface area (Å²) in [5, 5.41) is 1.09. The van der Waals surface area contributed by atoms with E-state index < -0.39 is 0 Å². The summed E-state index contributed by atoms with van der Waals surface area (Å²) in [6.07, 6.45) is 2.81. The lowest BCUT2D eigenvalue weighted by molar-refractivity contribution is 0.976. The molecule has 0 fully saturated rings. The van der Waals surface area contributed by atoms with Gasteiger partial charge in [-0.1, -0.05) is 30.3 Å². The minimum atomic E-state index is 0.620. The third-order valence-electron chi connectivity index (χ3n) is 3.19. The van der Waals surface area contributed by atoms with Crippen LogP contribution in [-0.4, -0.2) is 21.5 Å². The standard InChI is InChI=1S/C15H16N4/c1-10-18-14(11-5-3-2-4-6-11)13-12(7-8-16)9-17-15(13)19-10/h2-6,9H,7-8,16H2,1H3,(H,17,18,19). The van der Waals surface area contributed by atoms with Crippen molar-refractivity contribution in [1.82, 2.24) is 15.0 Å². The molecule has 2 heterocycles. The maximum absolute atomic E-state index is 5.67. The third kappa shape index (κ3) is 2.11. The predicted molar refractivity (Wildman–Crippen MR) is 76.8 cm³/mol. The summed E-state index contributed by atoms with van der Waals surface area (Å²) in [5.74, 6) is 0.771. The van der Waals surface area contributed by atoms with Crippen LogP contribution in [0.4, 0.5) is 0 Å². The van der Waals surface area contributed by atoms with Gasteiger partial charge in [0, 0.05) is 17.1 Å². The summed E-state index contributed by atoms with van der Waals surface area (Å²) in [5.41, 5.74) is 9.82. The number of nitrogens with two attached hydrogens (primary N) is 1. The predicted octanol–water partition coefficient (Wildman–Crippen LogP) is 2.43. The van der Waals surface area contributed by atoms with Gasteiger partial charge in [0.2, 0.25) is 0 Å². The minimum absolute atomic E-state index is 0.620. The molecule has 96 valence electrons. The van der Waals surface area contributed by atoms with Crippen LogP contribution < -0.4 is 5.73 Å². The molecule has 0 aliphatic rings. The third-order valence-corrected chi connectivity index (χ3v) is 3.19. The summed E-state index contributed by atoms with van der Waals surface area (Å²) in [6.45, 7) is 2.53. The average molecular weight is 252 g/mol. The van der Waals surface area contributed by atoms with Gasteiger partial charge in [-0.15, -0.1) is 0 Å². The van der Waals surface area contributed by atoms with E-state index in [1.807, 2.05) is 31.3 Å². The molecule has 19 heavy (non-hydrogen) atoms. The molecule has 0 amide bonds. The van der Waals surface area contributed by atoms with E-state index in [4.69, 9.17) is 5.73 Å². The Bertz CT molecular complexity index is 701. The Morgan fingerprint density at radius 2 is 1.95 bits per heavy atom. The molecule has 0 spiro atoms. The number of aromatic amines is 1. The van der Waals surface area contributed by atoms with Crippen LogP contribution in [0.15, 0.2) is 36.5 Å². The Morgan fingerprint density at radius 3 is 2.68 bits per heavy atom. The molecular weight excluding hydrogens is 236 g/mol. The van der Waals surface area contributed by atoms with E-state index in [1.54, 1.807) is 0 Å². The monoisotopic (exact) mass is 252 g/mol. The lowest BCUT2D eigenvalue weighted by atomic mass is 10.0. The first-order valence-electron chi connectivity index (χ1n) is 6.39. The van der Waals surface area contributed by atoms with E-state index in [0.717, 1.165) is 34.5 Å². The highest BCUT2D eigenvalue weighted by Gasteiger charge is 2.13. The molecule has 2 aromatic heterocycles. The molecule has 0 unspecified atom stereocenters. The molecular formula is C15H16N4. The van der Waals surface area contributed by atoms with Crippen LogP contribution in [0, 0.1) is 6.92 Å². The lowest BCUT2D eigenvalue weighted by Gasteiger charge is -2.06. The molecule has 4 nitrogen and oxygen atoms in total. The second-order valence-corrected chi connectivity index (χ2v) is 4.56. The van der Waals surface area contributed by atoms with Crippen LogP contribution in [0.2, 0.25) is 0 Å². The van der Waals surface area contributed by atoms with E-state index in [9.17, 15) is 0 Å². The second kappa shape index (κ2) is 4.82. The van der Waals surface area contributed by atoms with Gasteiger partial charge in [0.05, 0.1) is 5.69 Å². The number of aryl methyl sites for hydroxylation is 1. The van der Waals surface area contributed by atoms with Crippen molar-refractivity contribution >= 4 is 11.0 Å². The smallest absolute Gasteiger partial charge is 0.141 e. The summed E-state index contributed by atoms with van der Waals surface area (Å²) < 4.78 is 0. The van der Waals surface area contributed by atoms with E-state index in [2.05, 4.69) is 27.1 Å². The van der Waals surface area contributed by atoms with Crippen molar-refractivity contribution in [2.75, 3.05) is 6.54 Å². The van der Waals surface area contributed by atoms with Crippen molar-refractivity contribution in [3.05, 3.63) is 47.9 Å². The summed E-state index contributed by atoms with van der Waals surface area (Å²) in [4.78, 5) is 12.3. The van der Waals surface area contributed by atoms with E-state index >= 15 is 0 Å². The van der Waals surface area contributed by atoms with Crippen LogP contribution >= 0.6 is 0 Å². The maximum Gasteiger partial charge on any atom is 0.141 e. The van der Waals surface area contributed by atoms with Crippen molar-refractivity contribution in [2.24, 2.45) is 5.73 Å². The Hall–Kier alpha value is -2.20. The van der Waals surface area contributed by atoms with Crippen LogP contribution in [0.25, 0.3) is 22.3 Å². The van der Waals surface area contributed by atoms with Crippen LogP contribution in [0.5, 0.6) is 0 Å². The lowest BCUT2D eigenvalue weighted by Crippen LogP contribution is -2.03. The molecule has 0 aliphatic carbocycles. The molecule has 3 aromatic rings. The van der Waals surface area contributed by atoms with Gasteiger partial charge >= 0.3 is 0 Å². The van der Waals surface area contributed by atoms with Gasteiger partial charge < -0.3 is 10.7 Å². The molecule has 1 aromatic carbocycles. The van der Waals surface area contributed by atoms with Crippen molar-refractivity contribution in [2.45, 2.75) is 13.3 Å². The summed E-state index contributed by atoms with van der Waals surface area (Å²) in [7, 11) is 0. The fourth-order valence-corrected chi connectivity index (χ4v) is 2.37. The fourth-order valence-electron chi connectivity index (χ4n) is 2.37. The average Bonchev–Trinajstić information content (AvgIpc) is 2.82. The molecule has 4 heteroatoms. The molecule has 0 aliphatic heterocycles. The number of fused-ring (bicyclic) bond motifs is 1. The van der Waals surface area contributed by atoms with E-state index in [0.29, 0.717) is 6.54 Å². The van der Waals surface area contributed by atoms with Crippen molar-refractivity contribution in [1.29, 1.82) is 0 Å². The van der Waals surface area contributed by atoms with Gasteiger partial charge in [-0.3, -0.25) is 0 Å². The number of H-pyrrole nitrogens is 1. The second-order valence-electron chi connectivity index (χ2n) is 4.56. The van der Waals surface area contributed by atoms with Gasteiger partial charge in [-0.2, -0.15) is 0 Å². The van der Waals surface area contributed by atoms with E-state index in [1.165, 1.54) is 5.56 Å². The van der Waals surface area contributed by atoms with Gasteiger partial charge in [-0.25, -0.2) is 9.97 Å². The number of hydrogen-bond donors (Lipinski definition) is 2. The van der Waals surface area contributed by atoms with Crippen molar-refractivity contribution in [3.63, 3.8) is 0 Å². The van der Waals surface area contributed by atoms with Crippen molar-refractivity contribution in [3.8, 4) is 11.3 Å². The largest absolute Gasteiger partial charge is 0.346 e. The number of aromatic nitrogens is 3. The molecule has 0 radical (unpaired) electrons. The molecule has 0 atom stereocenters. The molecule has 3 rings (SSSR count). The van der Waals surface area contributed by atoms with Gasteiger partial charge in [-0.05, 0) is 25.5 Å². The zero-order valence-electron chi connectivity index (χ0n) is 10.9. The number of rotatable bonds is 3. The molecule has 0 saturated carbocycles. The quantitative estimate of drug-likeness (QED) is 0.752. The number of nitrogens with zero attached hydrogens (tertiary/aromatic N) is 2. The topological polar surface area (TPSA) is 67.6 Å². The number of nitrogens with one attached hydrogen (secondary N) is 1. The SMILES string of the molecule is Cc1nc(-c2ccccc2)c2c(CCN)c[nH]c2n1. The normalized spacial score (nSPS) is 11.1. The summed E-state index contributed by atoms with van der Waals surface area (Å²) >= 11 is 0. The fraction of sp³-hybridized carbons (Fsp3) is 0.200. The first-order chi connectivity index (χ1) is 9.29.